The quantitative estimate of drug-likeness (QED) is 0.834. The number of nitrogens with one attached hydrogen (secondary N) is 2. The number of hydrogen-bond acceptors (Lipinski definition) is 3. The number of thiophene rings is 1. The maximum absolute atomic E-state index is 12.5. The Kier molecular flexibility index (Phi) is 3.49. The van der Waals surface area contributed by atoms with Gasteiger partial charge in [0.05, 0.1) is 15.4 Å². The highest BCUT2D eigenvalue weighted by molar-refractivity contribution is 9.11. The van der Waals surface area contributed by atoms with Gasteiger partial charge in [0, 0.05) is 17.2 Å². The third-order valence-electron chi connectivity index (χ3n) is 4.59. The van der Waals surface area contributed by atoms with E-state index in [9.17, 15) is 9.59 Å². The molecule has 0 radical (unpaired) electrons. The lowest BCUT2D eigenvalue weighted by atomic mass is 9.92. The molecule has 1 aliphatic heterocycles. The molecule has 7 heteroatoms. The van der Waals surface area contributed by atoms with Gasteiger partial charge in [-0.2, -0.15) is 0 Å². The Bertz CT molecular complexity index is 785. The average molecular weight is 382 g/mol. The molecule has 4 rings (SSSR count). The number of aromatic amines is 1. The molecule has 1 atom stereocenters. The van der Waals surface area contributed by atoms with Crippen LogP contribution in [0.3, 0.4) is 0 Å². The summed E-state index contributed by atoms with van der Waals surface area (Å²) in [6.45, 7) is 0. The first-order chi connectivity index (χ1) is 10.6. The average Bonchev–Trinajstić information content (AvgIpc) is 3.19. The van der Waals surface area contributed by atoms with Crippen LogP contribution in [0, 0.1) is 0 Å². The predicted octanol–water partition coefficient (Wildman–Crippen LogP) is 3.59. The van der Waals surface area contributed by atoms with E-state index in [2.05, 4.69) is 26.3 Å². The van der Waals surface area contributed by atoms with Crippen LogP contribution in [0.1, 0.15) is 54.5 Å². The molecular formula is C15H16BrN3O2S. The second-order valence-electron chi connectivity index (χ2n) is 5.96. The number of H-pyrrole nitrogens is 1. The lowest BCUT2D eigenvalue weighted by Gasteiger charge is -2.24. The molecule has 0 bridgehead atoms. The van der Waals surface area contributed by atoms with E-state index < -0.39 is 0 Å². The molecule has 116 valence electrons. The molecule has 1 saturated carbocycles. The van der Waals surface area contributed by atoms with Crippen LogP contribution in [0.25, 0.3) is 0 Å². The van der Waals surface area contributed by atoms with Crippen molar-refractivity contribution in [3.63, 3.8) is 0 Å². The highest BCUT2D eigenvalue weighted by Crippen LogP contribution is 2.41. The molecule has 2 N–H and O–H groups in total. The number of rotatable bonds is 2. The van der Waals surface area contributed by atoms with Gasteiger partial charge in [-0.15, -0.1) is 11.3 Å². The maximum Gasteiger partial charge on any atom is 0.270 e. The molecule has 2 aromatic rings. The number of nitrogens with zero attached hydrogens (tertiary/aromatic N) is 1. The highest BCUT2D eigenvalue weighted by atomic mass is 79.9. The topological polar surface area (TPSA) is 66.9 Å². The van der Waals surface area contributed by atoms with Gasteiger partial charge in [-0.25, -0.2) is 0 Å². The second-order valence-corrected chi connectivity index (χ2v) is 8.45. The molecule has 3 heterocycles. The van der Waals surface area contributed by atoms with Gasteiger partial charge in [-0.1, -0.05) is 12.8 Å². The molecule has 22 heavy (non-hydrogen) atoms. The van der Waals surface area contributed by atoms with E-state index in [1.807, 2.05) is 16.8 Å². The van der Waals surface area contributed by atoms with Gasteiger partial charge >= 0.3 is 0 Å². The van der Waals surface area contributed by atoms with E-state index >= 15 is 0 Å². The van der Waals surface area contributed by atoms with Crippen molar-refractivity contribution in [3.05, 3.63) is 36.7 Å². The summed E-state index contributed by atoms with van der Waals surface area (Å²) in [7, 11) is 0. The van der Waals surface area contributed by atoms with Crippen LogP contribution >= 0.6 is 27.3 Å². The zero-order valence-electron chi connectivity index (χ0n) is 11.9. The predicted molar refractivity (Wildman–Crippen MR) is 89.7 cm³/mol. The van der Waals surface area contributed by atoms with Crippen molar-refractivity contribution in [1.82, 2.24) is 9.78 Å². The zero-order chi connectivity index (χ0) is 15.3. The van der Waals surface area contributed by atoms with Crippen LogP contribution in [0.5, 0.6) is 0 Å². The van der Waals surface area contributed by atoms with Gasteiger partial charge < -0.3 is 5.32 Å². The van der Waals surface area contributed by atoms with E-state index in [-0.39, 0.29) is 17.4 Å². The smallest absolute Gasteiger partial charge is 0.270 e. The van der Waals surface area contributed by atoms with Gasteiger partial charge in [0.1, 0.15) is 5.82 Å². The first-order valence-corrected chi connectivity index (χ1v) is 9.14. The van der Waals surface area contributed by atoms with Crippen LogP contribution in [-0.4, -0.2) is 15.7 Å². The minimum atomic E-state index is -0.147. The minimum Gasteiger partial charge on any atom is -0.311 e. The molecule has 0 aromatic carbocycles. The van der Waals surface area contributed by atoms with Gasteiger partial charge in [0.15, 0.2) is 0 Å². The summed E-state index contributed by atoms with van der Waals surface area (Å²) in [4.78, 5) is 25.7. The zero-order valence-corrected chi connectivity index (χ0v) is 14.3. The number of amides is 1. The van der Waals surface area contributed by atoms with Crippen LogP contribution in [0.4, 0.5) is 5.82 Å². The maximum atomic E-state index is 12.5. The molecule has 1 amide bonds. The summed E-state index contributed by atoms with van der Waals surface area (Å²) in [5.74, 6) is 0.516. The second kappa shape index (κ2) is 5.38. The van der Waals surface area contributed by atoms with Crippen molar-refractivity contribution in [3.8, 4) is 0 Å². The fourth-order valence-corrected chi connectivity index (χ4v) is 5.11. The summed E-state index contributed by atoms with van der Waals surface area (Å²) in [6.07, 6.45) is 4.80. The number of aromatic nitrogens is 2. The van der Waals surface area contributed by atoms with E-state index in [1.165, 1.54) is 12.8 Å². The first-order valence-electron chi connectivity index (χ1n) is 7.53. The first kappa shape index (κ1) is 14.3. The van der Waals surface area contributed by atoms with Crippen molar-refractivity contribution in [2.45, 2.75) is 44.1 Å². The van der Waals surface area contributed by atoms with Crippen molar-refractivity contribution in [1.29, 1.82) is 0 Å². The summed E-state index contributed by atoms with van der Waals surface area (Å²) in [5, 5.41) is 5.88. The normalized spacial score (nSPS) is 21.9. The Morgan fingerprint density at radius 1 is 1.23 bits per heavy atom. The van der Waals surface area contributed by atoms with Crippen molar-refractivity contribution in [2.75, 3.05) is 5.32 Å². The fraction of sp³-hybridized carbons (Fsp3) is 0.467. The SMILES string of the molecule is O=C1CC(c2ccc(Br)s2)c2c(n(C3CCCC3)[nH]c2=O)N1. The van der Waals surface area contributed by atoms with E-state index in [4.69, 9.17) is 0 Å². The number of anilines is 1. The minimum absolute atomic E-state index is 0.0206. The number of carbonyl (C=O) groups is 1. The van der Waals surface area contributed by atoms with Crippen molar-refractivity contribution >= 4 is 39.0 Å². The fourth-order valence-electron chi connectivity index (χ4n) is 3.58. The van der Waals surface area contributed by atoms with E-state index in [0.29, 0.717) is 23.8 Å². The lowest BCUT2D eigenvalue weighted by molar-refractivity contribution is -0.116. The summed E-state index contributed by atoms with van der Waals surface area (Å²) in [6, 6.07) is 4.26. The largest absolute Gasteiger partial charge is 0.311 e. The molecular weight excluding hydrogens is 366 g/mol. The number of fused-ring (bicyclic) bond motifs is 1. The summed E-state index contributed by atoms with van der Waals surface area (Å²) < 4.78 is 2.92. The highest BCUT2D eigenvalue weighted by Gasteiger charge is 2.35. The third kappa shape index (κ3) is 2.27. The van der Waals surface area contributed by atoms with E-state index in [0.717, 1.165) is 21.5 Å². The molecule has 5 nitrogen and oxygen atoms in total. The van der Waals surface area contributed by atoms with Crippen molar-refractivity contribution in [2.24, 2.45) is 0 Å². The number of halogens is 1. The molecule has 1 fully saturated rings. The Balaban J connectivity index is 1.83. The Labute approximate surface area is 139 Å². The standard InChI is InChI=1S/C15H16BrN3O2S/c16-11-6-5-10(22-11)9-7-12(20)17-14-13(9)15(21)18-19(14)8-3-1-2-4-8/h5-6,8-9H,1-4,7H2,(H,17,20)(H,18,21). The summed E-state index contributed by atoms with van der Waals surface area (Å²) >= 11 is 5.04. The van der Waals surface area contributed by atoms with Crippen LogP contribution in [0.15, 0.2) is 20.7 Å². The number of carbonyl (C=O) groups excluding carboxylic acids is 1. The van der Waals surface area contributed by atoms with Gasteiger partial charge in [-0.3, -0.25) is 19.4 Å². The van der Waals surface area contributed by atoms with Gasteiger partial charge in [-0.05, 0) is 40.9 Å². The summed E-state index contributed by atoms with van der Waals surface area (Å²) in [5.41, 5.74) is 0.636. The molecule has 0 spiro atoms. The number of hydrogen-bond donors (Lipinski definition) is 2. The molecule has 1 aliphatic carbocycles. The van der Waals surface area contributed by atoms with E-state index in [1.54, 1.807) is 11.3 Å². The Morgan fingerprint density at radius 2 is 2.00 bits per heavy atom. The van der Waals surface area contributed by atoms with Crippen LogP contribution in [0.2, 0.25) is 0 Å². The molecule has 1 unspecified atom stereocenters. The van der Waals surface area contributed by atoms with Crippen LogP contribution in [-0.2, 0) is 4.79 Å². The van der Waals surface area contributed by atoms with Crippen LogP contribution < -0.4 is 10.9 Å². The Hall–Kier alpha value is -1.34. The van der Waals surface area contributed by atoms with Crippen molar-refractivity contribution < 1.29 is 4.79 Å². The van der Waals surface area contributed by atoms with Gasteiger partial charge in [0.25, 0.3) is 5.56 Å². The Morgan fingerprint density at radius 3 is 2.68 bits per heavy atom. The lowest BCUT2D eigenvalue weighted by Crippen LogP contribution is -2.26. The molecule has 0 saturated heterocycles. The monoisotopic (exact) mass is 381 g/mol. The van der Waals surface area contributed by atoms with Gasteiger partial charge in [0.2, 0.25) is 5.91 Å². The molecule has 2 aliphatic rings. The third-order valence-corrected chi connectivity index (χ3v) is 6.32. The molecule has 2 aromatic heterocycles.